The van der Waals surface area contributed by atoms with Gasteiger partial charge in [0.25, 0.3) is 5.24 Å². The molecule has 0 saturated carbocycles. The highest BCUT2D eigenvalue weighted by molar-refractivity contribution is 8.13. The minimum absolute atomic E-state index is 0.135. The number of amides is 1. The lowest BCUT2D eigenvalue weighted by molar-refractivity contribution is -0.151. The second-order valence-corrected chi connectivity index (χ2v) is 11.7. The number of esters is 2. The van der Waals surface area contributed by atoms with Crippen LogP contribution in [0.3, 0.4) is 0 Å². The minimum Gasteiger partial charge on any atom is -0.464 e. The van der Waals surface area contributed by atoms with Gasteiger partial charge >= 0.3 is 11.9 Å². The summed E-state index contributed by atoms with van der Waals surface area (Å²) < 4.78 is 11.2. The van der Waals surface area contributed by atoms with Crippen molar-refractivity contribution in [3.05, 3.63) is 0 Å². The molecule has 1 unspecified atom stereocenters. The highest BCUT2D eigenvalue weighted by atomic mass is 32.2. The third-order valence-corrected chi connectivity index (χ3v) is 7.95. The van der Waals surface area contributed by atoms with E-state index in [1.807, 2.05) is 25.9 Å². The van der Waals surface area contributed by atoms with E-state index in [0.29, 0.717) is 12.4 Å². The smallest absolute Gasteiger partial charge is 0.325 e. The van der Waals surface area contributed by atoms with Crippen molar-refractivity contribution in [3.63, 3.8) is 0 Å². The molecular weight excluding hydrogens is 500 g/mol. The van der Waals surface area contributed by atoms with Crippen LogP contribution in [0, 0.1) is 0 Å². The molecule has 0 N–H and O–H groups in total. The van der Waals surface area contributed by atoms with Crippen LogP contribution in [0.1, 0.15) is 124 Å². The van der Waals surface area contributed by atoms with Gasteiger partial charge in [-0.15, -0.1) is 0 Å². The maximum Gasteiger partial charge on any atom is 0.325 e. The average Bonchev–Trinajstić information content (AvgIpc) is 2.88. The molecule has 0 rings (SSSR count). The van der Waals surface area contributed by atoms with Crippen molar-refractivity contribution in [2.75, 3.05) is 39.5 Å². The van der Waals surface area contributed by atoms with Crippen molar-refractivity contribution in [1.82, 2.24) is 9.80 Å². The molecule has 1 atom stereocenters. The highest BCUT2D eigenvalue weighted by Gasteiger charge is 2.24. The standard InChI is InChI=1S/C30H58N2O5S/c1-7-10-13-16-19-22-36-28(33)23-32(30(35)38-25-26(4)31(5)6)24-29(34)37-27(20-17-14-11-8-2)21-18-15-12-9-3/h26-27H,7-25H2,1-6H3. The van der Waals surface area contributed by atoms with E-state index in [0.717, 1.165) is 88.8 Å². The Labute approximate surface area is 238 Å². The molecular formula is C30H58N2O5S. The molecule has 0 aromatic rings. The number of hydrogen-bond donors (Lipinski definition) is 0. The molecule has 0 bridgehead atoms. The summed E-state index contributed by atoms with van der Waals surface area (Å²) in [5.41, 5.74) is 0. The lowest BCUT2D eigenvalue weighted by atomic mass is 10.0. The lowest BCUT2D eigenvalue weighted by Gasteiger charge is -2.24. The molecule has 1 amide bonds. The molecule has 0 heterocycles. The highest BCUT2D eigenvalue weighted by Crippen LogP contribution is 2.17. The fourth-order valence-electron chi connectivity index (χ4n) is 3.95. The Morgan fingerprint density at radius 1 is 0.711 bits per heavy atom. The molecule has 7 nitrogen and oxygen atoms in total. The van der Waals surface area contributed by atoms with Crippen LogP contribution in [0.25, 0.3) is 0 Å². The van der Waals surface area contributed by atoms with E-state index in [1.54, 1.807) is 0 Å². The number of carbonyl (C=O) groups is 3. The van der Waals surface area contributed by atoms with E-state index in [2.05, 4.69) is 20.8 Å². The molecule has 0 aliphatic rings. The Balaban J connectivity index is 5.05. The number of carbonyl (C=O) groups excluding carboxylic acids is 3. The summed E-state index contributed by atoms with van der Waals surface area (Å²) in [5, 5.41) is -0.294. The molecule has 0 aromatic carbocycles. The van der Waals surface area contributed by atoms with Gasteiger partial charge in [0.2, 0.25) is 0 Å². The molecule has 0 fully saturated rings. The van der Waals surface area contributed by atoms with Gasteiger partial charge in [0, 0.05) is 11.8 Å². The summed E-state index contributed by atoms with van der Waals surface area (Å²) in [4.78, 5) is 41.8. The zero-order valence-electron chi connectivity index (χ0n) is 25.4. The largest absolute Gasteiger partial charge is 0.464 e. The summed E-state index contributed by atoms with van der Waals surface area (Å²) in [7, 11) is 3.92. The van der Waals surface area contributed by atoms with Crippen LogP contribution in [0.15, 0.2) is 0 Å². The van der Waals surface area contributed by atoms with Crippen molar-refractivity contribution in [2.45, 2.75) is 136 Å². The van der Waals surface area contributed by atoms with Gasteiger partial charge < -0.3 is 19.3 Å². The number of unbranched alkanes of at least 4 members (excludes halogenated alkanes) is 10. The summed E-state index contributed by atoms with van der Waals surface area (Å²) in [5.74, 6) is -0.344. The van der Waals surface area contributed by atoms with Gasteiger partial charge in [-0.2, -0.15) is 0 Å². The molecule has 38 heavy (non-hydrogen) atoms. The third-order valence-electron chi connectivity index (χ3n) is 6.80. The van der Waals surface area contributed by atoms with E-state index in [1.165, 1.54) is 24.2 Å². The van der Waals surface area contributed by atoms with E-state index < -0.39 is 11.9 Å². The Morgan fingerprint density at radius 3 is 1.74 bits per heavy atom. The molecule has 0 radical (unpaired) electrons. The predicted octanol–water partition coefficient (Wildman–Crippen LogP) is 7.46. The van der Waals surface area contributed by atoms with Crippen molar-refractivity contribution in [1.29, 1.82) is 0 Å². The summed E-state index contributed by atoms with van der Waals surface area (Å²) in [6.45, 7) is 8.45. The zero-order valence-corrected chi connectivity index (χ0v) is 26.3. The second-order valence-electron chi connectivity index (χ2n) is 10.7. The predicted molar refractivity (Wildman–Crippen MR) is 160 cm³/mol. The topological polar surface area (TPSA) is 76.1 Å². The minimum atomic E-state index is -0.474. The van der Waals surface area contributed by atoms with E-state index in [-0.39, 0.29) is 30.5 Å². The van der Waals surface area contributed by atoms with Crippen LogP contribution < -0.4 is 0 Å². The molecule has 8 heteroatoms. The first kappa shape index (κ1) is 36.7. The molecule has 224 valence electrons. The first-order chi connectivity index (χ1) is 18.2. The molecule has 0 aromatic heterocycles. The number of thioether (sulfide) groups is 1. The number of rotatable bonds is 24. The van der Waals surface area contributed by atoms with Crippen LogP contribution in [-0.2, 0) is 19.1 Å². The zero-order chi connectivity index (χ0) is 28.6. The Kier molecular flexibility index (Phi) is 23.9. The quantitative estimate of drug-likeness (QED) is 0.0899. The summed E-state index contributed by atoms with van der Waals surface area (Å²) in [6, 6.07) is 0.184. The van der Waals surface area contributed by atoms with E-state index in [4.69, 9.17) is 9.47 Å². The van der Waals surface area contributed by atoms with Gasteiger partial charge in [-0.05, 0) is 53.1 Å². The monoisotopic (exact) mass is 558 g/mol. The summed E-state index contributed by atoms with van der Waals surface area (Å²) in [6.07, 6.45) is 15.9. The van der Waals surface area contributed by atoms with Gasteiger partial charge in [-0.1, -0.05) is 96.7 Å². The Morgan fingerprint density at radius 2 is 1.21 bits per heavy atom. The SMILES string of the molecule is CCCCCCCOC(=O)CN(CC(=O)OC(CCCCCC)CCCCCC)C(=O)SCC(C)N(C)C. The van der Waals surface area contributed by atoms with Crippen molar-refractivity contribution in [2.24, 2.45) is 0 Å². The average molecular weight is 559 g/mol. The van der Waals surface area contributed by atoms with Gasteiger partial charge in [0.05, 0.1) is 6.61 Å². The fraction of sp³-hybridized carbons (Fsp3) is 0.900. The lowest BCUT2D eigenvalue weighted by Crippen LogP contribution is -2.40. The first-order valence-corrected chi connectivity index (χ1v) is 16.2. The van der Waals surface area contributed by atoms with E-state index >= 15 is 0 Å². The summed E-state index contributed by atoms with van der Waals surface area (Å²) >= 11 is 1.13. The van der Waals surface area contributed by atoms with Crippen LogP contribution in [0.5, 0.6) is 0 Å². The maximum absolute atomic E-state index is 13.0. The fourth-order valence-corrected chi connectivity index (χ4v) is 4.94. The number of hydrogen-bond acceptors (Lipinski definition) is 7. The van der Waals surface area contributed by atoms with Gasteiger partial charge in [0.1, 0.15) is 19.2 Å². The molecule has 0 aliphatic carbocycles. The van der Waals surface area contributed by atoms with Crippen LogP contribution in [-0.4, -0.2) is 78.7 Å². The van der Waals surface area contributed by atoms with Gasteiger partial charge in [-0.25, -0.2) is 0 Å². The third kappa shape index (κ3) is 20.7. The number of ether oxygens (including phenoxy) is 2. The molecule has 0 spiro atoms. The van der Waals surface area contributed by atoms with Crippen LogP contribution in [0.2, 0.25) is 0 Å². The van der Waals surface area contributed by atoms with E-state index in [9.17, 15) is 14.4 Å². The molecule has 0 saturated heterocycles. The Bertz CT molecular complexity index is 605. The van der Waals surface area contributed by atoms with Crippen LogP contribution in [0.4, 0.5) is 4.79 Å². The maximum atomic E-state index is 13.0. The number of nitrogens with zero attached hydrogens (tertiary/aromatic N) is 2. The second kappa shape index (κ2) is 24.7. The Hall–Kier alpha value is -1.28. The first-order valence-electron chi connectivity index (χ1n) is 15.2. The van der Waals surface area contributed by atoms with Crippen molar-refractivity contribution >= 4 is 28.9 Å². The molecule has 0 aliphatic heterocycles. The van der Waals surface area contributed by atoms with Crippen molar-refractivity contribution in [3.8, 4) is 0 Å². The van der Waals surface area contributed by atoms with Gasteiger partial charge in [-0.3, -0.25) is 14.4 Å². The van der Waals surface area contributed by atoms with Gasteiger partial charge in [0.15, 0.2) is 0 Å². The van der Waals surface area contributed by atoms with Crippen molar-refractivity contribution < 1.29 is 23.9 Å². The van der Waals surface area contributed by atoms with Crippen LogP contribution >= 0.6 is 11.8 Å². The normalized spacial score (nSPS) is 12.1.